The maximum absolute atomic E-state index is 12.0. The molecule has 5 heteroatoms. The van der Waals surface area contributed by atoms with Gasteiger partial charge < -0.3 is 19.4 Å². The summed E-state index contributed by atoms with van der Waals surface area (Å²) in [7, 11) is 0. The van der Waals surface area contributed by atoms with Crippen LogP contribution in [0.4, 0.5) is 0 Å². The van der Waals surface area contributed by atoms with Crippen molar-refractivity contribution in [1.29, 1.82) is 0 Å². The summed E-state index contributed by atoms with van der Waals surface area (Å²) in [5.41, 5.74) is -0.326. The number of carbonyl (C=O) groups is 1. The Balaban J connectivity index is 2.02. The van der Waals surface area contributed by atoms with Gasteiger partial charge in [0, 0.05) is 11.3 Å². The van der Waals surface area contributed by atoms with E-state index in [1.54, 1.807) is 19.5 Å². The van der Waals surface area contributed by atoms with E-state index in [-0.39, 0.29) is 16.7 Å². The maximum atomic E-state index is 12.0. The van der Waals surface area contributed by atoms with Crippen molar-refractivity contribution in [1.82, 2.24) is 0 Å². The van der Waals surface area contributed by atoms with Gasteiger partial charge in [0.1, 0.15) is 0 Å². The van der Waals surface area contributed by atoms with Crippen LogP contribution >= 0.6 is 0 Å². The van der Waals surface area contributed by atoms with Crippen LogP contribution in [0.25, 0.3) is 0 Å². The second kappa shape index (κ2) is 6.13. The topological polar surface area (TPSA) is 79.9 Å². The normalized spacial score (nSPS) is 38.3. The van der Waals surface area contributed by atoms with E-state index in [9.17, 15) is 15.0 Å². The van der Waals surface area contributed by atoms with Crippen molar-refractivity contribution in [2.24, 2.45) is 22.7 Å². The minimum atomic E-state index is -0.925. The molecule has 2 fully saturated rings. The van der Waals surface area contributed by atoms with Gasteiger partial charge in [0.15, 0.2) is 6.29 Å². The molecule has 1 aliphatic carbocycles. The van der Waals surface area contributed by atoms with Crippen molar-refractivity contribution in [3.8, 4) is 0 Å². The van der Waals surface area contributed by atoms with E-state index < -0.39 is 23.8 Å². The quantitative estimate of drug-likeness (QED) is 0.843. The molecule has 1 saturated carbocycles. The first-order chi connectivity index (χ1) is 11.6. The van der Waals surface area contributed by atoms with Crippen LogP contribution in [0.15, 0.2) is 23.0 Å². The number of aliphatic hydroxyl groups excluding tert-OH is 1. The third-order valence-electron chi connectivity index (χ3n) is 7.06. The predicted molar refractivity (Wildman–Crippen MR) is 92.9 cm³/mol. The molecule has 2 N–H and O–H groups in total. The van der Waals surface area contributed by atoms with Gasteiger partial charge in [-0.3, -0.25) is 4.79 Å². The fourth-order valence-corrected chi connectivity index (χ4v) is 5.80. The van der Waals surface area contributed by atoms with Gasteiger partial charge in [0.25, 0.3) is 0 Å². The van der Waals surface area contributed by atoms with Crippen LogP contribution in [-0.4, -0.2) is 28.1 Å². The molecule has 0 radical (unpaired) electrons. The molecule has 0 bridgehead atoms. The lowest BCUT2D eigenvalue weighted by atomic mass is 9.50. The second-order valence-corrected chi connectivity index (χ2v) is 8.83. The van der Waals surface area contributed by atoms with Gasteiger partial charge >= 0.3 is 5.97 Å². The zero-order valence-corrected chi connectivity index (χ0v) is 15.6. The van der Waals surface area contributed by atoms with Gasteiger partial charge in [-0.15, -0.1) is 0 Å². The van der Waals surface area contributed by atoms with E-state index in [2.05, 4.69) is 20.8 Å². The first-order valence-corrected chi connectivity index (χ1v) is 9.24. The number of ether oxygens (including phenoxy) is 1. The highest BCUT2D eigenvalue weighted by Crippen LogP contribution is 2.65. The molecule has 25 heavy (non-hydrogen) atoms. The molecule has 5 unspecified atom stereocenters. The first-order valence-electron chi connectivity index (χ1n) is 9.24. The average molecular weight is 350 g/mol. The Morgan fingerprint density at radius 3 is 2.68 bits per heavy atom. The molecule has 0 spiro atoms. The summed E-state index contributed by atoms with van der Waals surface area (Å²) in [5.74, 6) is -1.64. The Kier molecular flexibility index (Phi) is 4.53. The summed E-state index contributed by atoms with van der Waals surface area (Å²) >= 11 is 0. The molecular formula is C20H30O5. The smallest absolute Gasteiger partial charge is 0.309 e. The lowest BCUT2D eigenvalue weighted by Gasteiger charge is -2.53. The lowest BCUT2D eigenvalue weighted by molar-refractivity contribution is -0.192. The van der Waals surface area contributed by atoms with Crippen LogP contribution in [0.2, 0.25) is 0 Å². The largest absolute Gasteiger partial charge is 0.481 e. The van der Waals surface area contributed by atoms with Gasteiger partial charge in [-0.2, -0.15) is 0 Å². The van der Waals surface area contributed by atoms with Crippen LogP contribution in [-0.2, 0) is 16.0 Å². The number of aliphatic carboxylic acids is 1. The Hall–Kier alpha value is -1.33. The zero-order valence-electron chi connectivity index (χ0n) is 15.6. The minimum absolute atomic E-state index is 0.0695. The standard InChI is InChI=1S/C20H30O5/c1-13(16(21)22)20(10-6-14-7-11-24-12-14)19(4)9-5-8-18(2,3)15(19)17(23)25-20/h7,11-13,15,17,23H,5-6,8-10H2,1-4H3,(H,21,22). The van der Waals surface area contributed by atoms with E-state index in [1.165, 1.54) is 0 Å². The van der Waals surface area contributed by atoms with Crippen molar-refractivity contribution in [3.63, 3.8) is 0 Å². The summed E-state index contributed by atoms with van der Waals surface area (Å²) in [4.78, 5) is 12.0. The van der Waals surface area contributed by atoms with Crippen LogP contribution < -0.4 is 0 Å². The number of carboxylic acids is 1. The second-order valence-electron chi connectivity index (χ2n) is 8.83. The van der Waals surface area contributed by atoms with E-state index >= 15 is 0 Å². The first kappa shape index (κ1) is 18.5. The van der Waals surface area contributed by atoms with Gasteiger partial charge in [0.2, 0.25) is 0 Å². The summed E-state index contributed by atoms with van der Waals surface area (Å²) in [5, 5.41) is 20.6. The molecule has 3 rings (SSSR count). The molecule has 1 aromatic rings. The number of aryl methyl sites for hydroxylation is 1. The third kappa shape index (κ3) is 2.72. The maximum Gasteiger partial charge on any atom is 0.309 e. The highest BCUT2D eigenvalue weighted by molar-refractivity contribution is 5.71. The monoisotopic (exact) mass is 350 g/mol. The molecule has 2 aliphatic rings. The van der Waals surface area contributed by atoms with E-state index in [4.69, 9.17) is 9.15 Å². The molecule has 0 amide bonds. The fraction of sp³-hybridized carbons (Fsp3) is 0.750. The fourth-order valence-electron chi connectivity index (χ4n) is 5.80. The highest BCUT2D eigenvalue weighted by Gasteiger charge is 2.69. The molecule has 2 heterocycles. The minimum Gasteiger partial charge on any atom is -0.481 e. The number of carboxylic acid groups (broad SMARTS) is 1. The van der Waals surface area contributed by atoms with Crippen molar-refractivity contribution >= 4 is 5.97 Å². The Bertz CT molecular complexity index is 622. The summed E-state index contributed by atoms with van der Waals surface area (Å²) in [6.07, 6.45) is 6.54. The third-order valence-corrected chi connectivity index (χ3v) is 7.06. The molecule has 5 atom stereocenters. The summed E-state index contributed by atoms with van der Waals surface area (Å²) in [6, 6.07) is 1.90. The molecule has 1 aliphatic heterocycles. The number of furan rings is 1. The van der Waals surface area contributed by atoms with Crippen LogP contribution in [0.1, 0.15) is 58.9 Å². The Labute approximate surface area is 149 Å². The average Bonchev–Trinajstić information content (AvgIpc) is 3.09. The van der Waals surface area contributed by atoms with E-state index in [0.717, 1.165) is 24.8 Å². The molecule has 1 aromatic heterocycles. The molecule has 1 saturated heterocycles. The van der Waals surface area contributed by atoms with E-state index in [0.29, 0.717) is 12.8 Å². The number of hydrogen-bond donors (Lipinski definition) is 2. The molecule has 5 nitrogen and oxygen atoms in total. The van der Waals surface area contributed by atoms with Crippen LogP contribution in [0.3, 0.4) is 0 Å². The number of rotatable bonds is 5. The van der Waals surface area contributed by atoms with E-state index in [1.807, 2.05) is 6.07 Å². The van der Waals surface area contributed by atoms with Gasteiger partial charge in [-0.25, -0.2) is 0 Å². The lowest BCUT2D eigenvalue weighted by Crippen LogP contribution is -2.56. The van der Waals surface area contributed by atoms with Crippen molar-refractivity contribution in [2.75, 3.05) is 0 Å². The van der Waals surface area contributed by atoms with Gasteiger partial charge in [-0.05, 0) is 49.7 Å². The zero-order chi connectivity index (χ0) is 18.5. The highest BCUT2D eigenvalue weighted by atomic mass is 16.6. The predicted octanol–water partition coefficient (Wildman–Crippen LogP) is 3.85. The SMILES string of the molecule is CC(C(=O)O)C1(CCc2ccoc2)OC(O)C2C(C)(C)CCCC21C. The van der Waals surface area contributed by atoms with Crippen LogP contribution in [0, 0.1) is 22.7 Å². The van der Waals surface area contributed by atoms with Crippen molar-refractivity contribution in [2.45, 2.75) is 71.7 Å². The van der Waals surface area contributed by atoms with Gasteiger partial charge in [-0.1, -0.05) is 27.2 Å². The van der Waals surface area contributed by atoms with Crippen LogP contribution in [0.5, 0.6) is 0 Å². The number of fused-ring (bicyclic) bond motifs is 1. The van der Waals surface area contributed by atoms with Crippen molar-refractivity contribution in [3.05, 3.63) is 24.2 Å². The number of aliphatic hydroxyl groups is 1. The Morgan fingerprint density at radius 2 is 2.08 bits per heavy atom. The number of hydrogen-bond acceptors (Lipinski definition) is 4. The molecular weight excluding hydrogens is 320 g/mol. The van der Waals surface area contributed by atoms with Gasteiger partial charge in [0.05, 0.1) is 24.0 Å². The Morgan fingerprint density at radius 1 is 1.36 bits per heavy atom. The molecule has 0 aromatic carbocycles. The summed E-state index contributed by atoms with van der Waals surface area (Å²) in [6.45, 7) is 8.18. The van der Waals surface area contributed by atoms with Crippen molar-refractivity contribution < 1.29 is 24.2 Å². The molecule has 140 valence electrons. The summed E-state index contributed by atoms with van der Waals surface area (Å²) < 4.78 is 11.4.